The van der Waals surface area contributed by atoms with Crippen LogP contribution in [0.15, 0.2) is 46.2 Å². The lowest BCUT2D eigenvalue weighted by Crippen LogP contribution is -1.99. The number of carbonyl (C=O) groups is 1. The summed E-state index contributed by atoms with van der Waals surface area (Å²) in [5.41, 5.74) is 1.34. The first-order chi connectivity index (χ1) is 10.1. The van der Waals surface area contributed by atoms with Crippen LogP contribution in [0.25, 0.3) is 11.1 Å². The fraction of sp³-hybridized carbons (Fsp3) is 0. The third kappa shape index (κ3) is 2.44. The number of ketones is 1. The van der Waals surface area contributed by atoms with Crippen molar-refractivity contribution in [2.75, 3.05) is 0 Å². The number of halogens is 2. The topological polar surface area (TPSA) is 85.3 Å². The second-order valence-electron chi connectivity index (χ2n) is 4.62. The normalized spacial score (nSPS) is 13.8. The van der Waals surface area contributed by atoms with Crippen LogP contribution >= 0.6 is 21.4 Å². The molecule has 0 spiro atoms. The van der Waals surface area contributed by atoms with Gasteiger partial charge in [0.05, 0.1) is 9.79 Å². The van der Waals surface area contributed by atoms with Crippen molar-refractivity contribution < 1.29 is 21.6 Å². The molecule has 2 aromatic carbocycles. The third-order valence-electron chi connectivity index (χ3n) is 3.32. The maximum Gasteiger partial charge on any atom is 0.261 e. The van der Waals surface area contributed by atoms with Gasteiger partial charge in [-0.3, -0.25) is 4.79 Å². The monoisotopic (exact) mass is 376 g/mol. The van der Waals surface area contributed by atoms with Crippen LogP contribution in [0, 0.1) is 0 Å². The van der Waals surface area contributed by atoms with Crippen molar-refractivity contribution in [1.29, 1.82) is 0 Å². The Labute approximate surface area is 135 Å². The average molecular weight is 377 g/mol. The molecule has 0 N–H and O–H groups in total. The Morgan fingerprint density at radius 2 is 1.00 bits per heavy atom. The number of rotatable bonds is 2. The molecule has 5 nitrogen and oxygen atoms in total. The summed E-state index contributed by atoms with van der Waals surface area (Å²) < 4.78 is 45.4. The number of hydrogen-bond donors (Lipinski definition) is 0. The summed E-state index contributed by atoms with van der Waals surface area (Å²) in [4.78, 5) is 12.0. The van der Waals surface area contributed by atoms with Crippen molar-refractivity contribution in [3.63, 3.8) is 0 Å². The number of fused-ring (bicyclic) bond motifs is 3. The second-order valence-corrected chi connectivity index (χ2v) is 9.75. The lowest BCUT2D eigenvalue weighted by atomic mass is 10.1. The van der Waals surface area contributed by atoms with Crippen molar-refractivity contribution in [3.8, 4) is 11.1 Å². The Bertz CT molecular complexity index is 957. The van der Waals surface area contributed by atoms with Gasteiger partial charge in [-0.1, -0.05) is 12.1 Å². The largest absolute Gasteiger partial charge is 0.289 e. The van der Waals surface area contributed by atoms with E-state index in [0.29, 0.717) is 11.1 Å². The van der Waals surface area contributed by atoms with Gasteiger partial charge in [-0.25, -0.2) is 16.8 Å². The van der Waals surface area contributed by atoms with E-state index in [9.17, 15) is 21.6 Å². The van der Waals surface area contributed by atoms with E-state index in [-0.39, 0.29) is 20.9 Å². The minimum absolute atomic E-state index is 0.154. The van der Waals surface area contributed by atoms with Crippen LogP contribution < -0.4 is 0 Å². The van der Waals surface area contributed by atoms with Crippen molar-refractivity contribution in [1.82, 2.24) is 0 Å². The van der Waals surface area contributed by atoms with E-state index in [1.165, 1.54) is 36.4 Å². The van der Waals surface area contributed by atoms with Gasteiger partial charge in [0, 0.05) is 32.5 Å². The molecule has 0 amide bonds. The fourth-order valence-electron chi connectivity index (χ4n) is 2.34. The first kappa shape index (κ1) is 15.5. The van der Waals surface area contributed by atoms with Crippen LogP contribution in [0.1, 0.15) is 15.9 Å². The van der Waals surface area contributed by atoms with Crippen LogP contribution in [0.3, 0.4) is 0 Å². The molecule has 22 heavy (non-hydrogen) atoms. The van der Waals surface area contributed by atoms with Gasteiger partial charge in [0.25, 0.3) is 18.1 Å². The molecule has 9 heteroatoms. The number of benzene rings is 2. The Balaban J connectivity index is 2.24. The highest BCUT2D eigenvalue weighted by atomic mass is 35.7. The summed E-state index contributed by atoms with van der Waals surface area (Å²) >= 11 is 0. The summed E-state index contributed by atoms with van der Waals surface area (Å²) in [6.45, 7) is 0. The standard InChI is InChI=1S/C13H6Cl2O5S2/c14-21(17,18)7-1-3-9-10-4-2-8(22(15,19)20)6-12(10)13(16)11(9)5-7/h1-6H. The lowest BCUT2D eigenvalue weighted by Gasteiger charge is -2.02. The van der Waals surface area contributed by atoms with E-state index in [1.54, 1.807) is 0 Å². The number of carbonyl (C=O) groups excluding carboxylic acids is 1. The molecule has 0 radical (unpaired) electrons. The molecule has 114 valence electrons. The van der Waals surface area contributed by atoms with Crippen LogP contribution in [-0.4, -0.2) is 22.6 Å². The molecule has 0 aliphatic heterocycles. The zero-order valence-electron chi connectivity index (χ0n) is 10.6. The summed E-state index contributed by atoms with van der Waals surface area (Å²) in [6.07, 6.45) is 0. The first-order valence-corrected chi connectivity index (χ1v) is 10.4. The van der Waals surface area contributed by atoms with E-state index in [1.807, 2.05) is 0 Å². The summed E-state index contributed by atoms with van der Waals surface area (Å²) in [5.74, 6) is -0.477. The Hall–Kier alpha value is -1.41. The molecule has 0 saturated carbocycles. The maximum atomic E-state index is 12.4. The molecule has 0 fully saturated rings. The quantitative estimate of drug-likeness (QED) is 0.641. The molecule has 0 aromatic heterocycles. The number of hydrogen-bond acceptors (Lipinski definition) is 5. The summed E-state index contributed by atoms with van der Waals surface area (Å²) in [5, 5.41) is 0. The van der Waals surface area contributed by atoms with Gasteiger partial charge in [-0.05, 0) is 35.4 Å². The lowest BCUT2D eigenvalue weighted by molar-refractivity contribution is 0.104. The van der Waals surface area contributed by atoms with Crippen molar-refractivity contribution >= 4 is 45.2 Å². The van der Waals surface area contributed by atoms with Crippen LogP contribution in [0.2, 0.25) is 0 Å². The van der Waals surface area contributed by atoms with Gasteiger partial charge in [-0.15, -0.1) is 0 Å². The zero-order valence-corrected chi connectivity index (χ0v) is 13.7. The van der Waals surface area contributed by atoms with Crippen LogP contribution in [0.4, 0.5) is 0 Å². The van der Waals surface area contributed by atoms with Gasteiger partial charge >= 0.3 is 0 Å². The zero-order chi connectivity index (χ0) is 16.3. The molecular formula is C13H6Cl2O5S2. The molecule has 0 bridgehead atoms. The van der Waals surface area contributed by atoms with Gasteiger partial charge < -0.3 is 0 Å². The molecule has 0 unspecified atom stereocenters. The molecule has 2 aromatic rings. The minimum atomic E-state index is -3.96. The summed E-state index contributed by atoms with van der Waals surface area (Å²) in [6, 6.07) is 7.85. The highest BCUT2D eigenvalue weighted by Crippen LogP contribution is 2.39. The maximum absolute atomic E-state index is 12.4. The third-order valence-corrected chi connectivity index (χ3v) is 6.03. The summed E-state index contributed by atoms with van der Waals surface area (Å²) in [7, 11) is 2.61. The SMILES string of the molecule is O=C1c2cc(S(=O)(=O)Cl)ccc2-c2ccc(S(=O)(=O)Cl)cc21. The molecule has 0 saturated heterocycles. The van der Waals surface area contributed by atoms with E-state index < -0.39 is 23.9 Å². The predicted molar refractivity (Wildman–Crippen MR) is 81.4 cm³/mol. The van der Waals surface area contributed by atoms with Crippen molar-refractivity contribution in [3.05, 3.63) is 47.5 Å². The Morgan fingerprint density at radius 1 is 0.636 bits per heavy atom. The van der Waals surface area contributed by atoms with E-state index in [0.717, 1.165) is 0 Å². The average Bonchev–Trinajstić information content (AvgIpc) is 2.70. The van der Waals surface area contributed by atoms with E-state index in [2.05, 4.69) is 0 Å². The molecule has 1 aliphatic rings. The molecule has 3 rings (SSSR count). The Morgan fingerprint density at radius 3 is 1.32 bits per heavy atom. The molecule has 0 atom stereocenters. The van der Waals surface area contributed by atoms with Crippen molar-refractivity contribution in [2.24, 2.45) is 0 Å². The van der Waals surface area contributed by atoms with E-state index in [4.69, 9.17) is 21.4 Å². The van der Waals surface area contributed by atoms with Crippen LogP contribution in [-0.2, 0) is 18.1 Å². The smallest absolute Gasteiger partial charge is 0.261 e. The minimum Gasteiger partial charge on any atom is -0.289 e. The Kier molecular flexibility index (Phi) is 3.37. The van der Waals surface area contributed by atoms with Gasteiger partial charge in [0.2, 0.25) is 0 Å². The molecule has 1 aliphatic carbocycles. The highest BCUT2D eigenvalue weighted by molar-refractivity contribution is 8.14. The van der Waals surface area contributed by atoms with Crippen LogP contribution in [0.5, 0.6) is 0 Å². The fourth-order valence-corrected chi connectivity index (χ4v) is 3.89. The van der Waals surface area contributed by atoms with E-state index >= 15 is 0 Å². The van der Waals surface area contributed by atoms with Gasteiger partial charge in [-0.2, -0.15) is 0 Å². The highest BCUT2D eigenvalue weighted by Gasteiger charge is 2.29. The first-order valence-electron chi connectivity index (χ1n) is 5.81. The second kappa shape index (κ2) is 4.79. The van der Waals surface area contributed by atoms with Crippen molar-refractivity contribution in [2.45, 2.75) is 9.79 Å². The van der Waals surface area contributed by atoms with Gasteiger partial charge in [0.1, 0.15) is 0 Å². The molecule has 0 heterocycles. The van der Waals surface area contributed by atoms with Gasteiger partial charge in [0.15, 0.2) is 5.78 Å². The predicted octanol–water partition coefficient (Wildman–Crippen LogP) is 2.75. The molecular weight excluding hydrogens is 371 g/mol.